The molecule has 0 aliphatic carbocycles. The summed E-state index contributed by atoms with van der Waals surface area (Å²) in [6.07, 6.45) is 0.959. The average molecular weight is 257 g/mol. The van der Waals surface area contributed by atoms with Crippen LogP contribution >= 0.6 is 0 Å². The first-order valence-corrected chi connectivity index (χ1v) is 6.14. The fourth-order valence-electron chi connectivity index (χ4n) is 2.12. The Bertz CT molecular complexity index is 406. The number of nitrogens with zero attached hydrogens (tertiary/aromatic N) is 1. The lowest BCUT2D eigenvalue weighted by Gasteiger charge is -2.26. The monoisotopic (exact) mass is 257 g/mol. The van der Waals surface area contributed by atoms with Gasteiger partial charge in [0.2, 0.25) is 0 Å². The van der Waals surface area contributed by atoms with Crippen molar-refractivity contribution in [3.63, 3.8) is 0 Å². The van der Waals surface area contributed by atoms with E-state index in [2.05, 4.69) is 4.90 Å². The summed E-state index contributed by atoms with van der Waals surface area (Å²) < 4.78 is 32.1. The van der Waals surface area contributed by atoms with Gasteiger partial charge in [-0.1, -0.05) is 0 Å². The Balaban J connectivity index is 1.88. The van der Waals surface area contributed by atoms with Crippen LogP contribution in [-0.2, 0) is 11.2 Å². The predicted octanol–water partition coefficient (Wildman–Crippen LogP) is 1.94. The third-order valence-electron chi connectivity index (χ3n) is 3.17. The Hall–Kier alpha value is -1.20. The molecule has 18 heavy (non-hydrogen) atoms. The van der Waals surface area contributed by atoms with Crippen molar-refractivity contribution in [2.45, 2.75) is 12.8 Å². The second-order valence-electron chi connectivity index (χ2n) is 4.42. The standard InChI is InChI=1S/C13H17F2NO2/c14-11-3-4-12(17)13(15)10(11)2-1-5-16-6-8-18-9-7-16/h3-4,17H,1-2,5-9H2. The molecule has 0 saturated carbocycles. The van der Waals surface area contributed by atoms with Gasteiger partial charge in [0.15, 0.2) is 11.6 Å². The van der Waals surface area contributed by atoms with Gasteiger partial charge >= 0.3 is 0 Å². The molecule has 1 aliphatic heterocycles. The van der Waals surface area contributed by atoms with E-state index in [-0.39, 0.29) is 5.56 Å². The summed E-state index contributed by atoms with van der Waals surface area (Å²) in [6, 6.07) is 2.14. The highest BCUT2D eigenvalue weighted by Gasteiger charge is 2.14. The van der Waals surface area contributed by atoms with E-state index in [0.29, 0.717) is 12.8 Å². The molecule has 1 N–H and O–H groups in total. The molecule has 100 valence electrons. The van der Waals surface area contributed by atoms with Crippen molar-refractivity contribution in [3.05, 3.63) is 29.3 Å². The van der Waals surface area contributed by atoms with Gasteiger partial charge in [0.25, 0.3) is 0 Å². The first-order valence-electron chi connectivity index (χ1n) is 6.14. The van der Waals surface area contributed by atoms with Crippen LogP contribution in [0.25, 0.3) is 0 Å². The quantitative estimate of drug-likeness (QED) is 0.894. The van der Waals surface area contributed by atoms with Gasteiger partial charge < -0.3 is 9.84 Å². The predicted molar refractivity (Wildman–Crippen MR) is 63.6 cm³/mol. The molecule has 0 spiro atoms. The number of halogens is 2. The van der Waals surface area contributed by atoms with E-state index in [0.717, 1.165) is 45.0 Å². The second kappa shape index (κ2) is 6.11. The maximum atomic E-state index is 13.5. The molecule has 1 aromatic carbocycles. The normalized spacial score (nSPS) is 17.0. The second-order valence-corrected chi connectivity index (χ2v) is 4.42. The molecule has 1 saturated heterocycles. The molecular weight excluding hydrogens is 240 g/mol. The van der Waals surface area contributed by atoms with Crippen LogP contribution < -0.4 is 0 Å². The minimum atomic E-state index is -0.836. The van der Waals surface area contributed by atoms with Crippen molar-refractivity contribution in [3.8, 4) is 5.75 Å². The Morgan fingerprint density at radius 1 is 1.22 bits per heavy atom. The number of hydrogen-bond acceptors (Lipinski definition) is 3. The SMILES string of the molecule is Oc1ccc(F)c(CCCN2CCOCC2)c1F. The number of aromatic hydroxyl groups is 1. The highest BCUT2D eigenvalue weighted by atomic mass is 19.1. The minimum Gasteiger partial charge on any atom is -0.505 e. The smallest absolute Gasteiger partial charge is 0.170 e. The zero-order valence-electron chi connectivity index (χ0n) is 10.2. The highest BCUT2D eigenvalue weighted by Crippen LogP contribution is 2.23. The number of rotatable bonds is 4. The van der Waals surface area contributed by atoms with E-state index in [9.17, 15) is 13.9 Å². The molecule has 2 rings (SSSR count). The maximum absolute atomic E-state index is 13.5. The van der Waals surface area contributed by atoms with Crippen LogP contribution in [-0.4, -0.2) is 42.9 Å². The molecule has 1 fully saturated rings. The van der Waals surface area contributed by atoms with Crippen LogP contribution in [0, 0.1) is 11.6 Å². The highest BCUT2D eigenvalue weighted by molar-refractivity contribution is 5.31. The number of hydrogen-bond donors (Lipinski definition) is 1. The van der Waals surface area contributed by atoms with Crippen molar-refractivity contribution >= 4 is 0 Å². The summed E-state index contributed by atoms with van der Waals surface area (Å²) in [7, 11) is 0. The van der Waals surface area contributed by atoms with E-state index in [1.165, 1.54) is 0 Å². The van der Waals surface area contributed by atoms with Gasteiger partial charge in [0.05, 0.1) is 13.2 Å². The van der Waals surface area contributed by atoms with Gasteiger partial charge in [-0.2, -0.15) is 0 Å². The number of morpholine rings is 1. The van der Waals surface area contributed by atoms with E-state index in [1.807, 2.05) is 0 Å². The summed E-state index contributed by atoms with van der Waals surface area (Å²) in [5, 5.41) is 9.20. The van der Waals surface area contributed by atoms with Crippen molar-refractivity contribution in [2.75, 3.05) is 32.8 Å². The van der Waals surface area contributed by atoms with Crippen molar-refractivity contribution < 1.29 is 18.6 Å². The van der Waals surface area contributed by atoms with Crippen molar-refractivity contribution in [1.29, 1.82) is 0 Å². The van der Waals surface area contributed by atoms with E-state index in [4.69, 9.17) is 4.74 Å². The molecule has 1 aliphatic rings. The molecule has 0 unspecified atom stereocenters. The van der Waals surface area contributed by atoms with Crippen molar-refractivity contribution in [1.82, 2.24) is 4.90 Å². The number of benzene rings is 1. The Morgan fingerprint density at radius 3 is 2.67 bits per heavy atom. The van der Waals surface area contributed by atoms with E-state index >= 15 is 0 Å². The topological polar surface area (TPSA) is 32.7 Å². The van der Waals surface area contributed by atoms with Crippen LogP contribution in [0.2, 0.25) is 0 Å². The van der Waals surface area contributed by atoms with Crippen LogP contribution in [0.4, 0.5) is 8.78 Å². The lowest BCUT2D eigenvalue weighted by molar-refractivity contribution is 0.0374. The Kier molecular flexibility index (Phi) is 4.49. The zero-order chi connectivity index (χ0) is 13.0. The molecule has 0 atom stereocenters. The fourth-order valence-corrected chi connectivity index (χ4v) is 2.12. The van der Waals surface area contributed by atoms with Crippen LogP contribution in [0.1, 0.15) is 12.0 Å². The minimum absolute atomic E-state index is 0.0248. The third kappa shape index (κ3) is 3.17. The molecule has 1 heterocycles. The van der Waals surface area contributed by atoms with Gasteiger partial charge in [0, 0.05) is 18.7 Å². The Labute approximate surface area is 105 Å². The number of phenolic OH excluding ortho intramolecular Hbond substituents is 1. The molecule has 3 nitrogen and oxygen atoms in total. The third-order valence-corrected chi connectivity index (χ3v) is 3.17. The molecule has 0 bridgehead atoms. The van der Waals surface area contributed by atoms with Crippen LogP contribution in [0.5, 0.6) is 5.75 Å². The lowest BCUT2D eigenvalue weighted by Crippen LogP contribution is -2.37. The summed E-state index contributed by atoms with van der Waals surface area (Å²) in [5.41, 5.74) is -0.0248. The first kappa shape index (κ1) is 13.2. The molecule has 5 heteroatoms. The van der Waals surface area contributed by atoms with Crippen LogP contribution in [0.15, 0.2) is 12.1 Å². The summed E-state index contributed by atoms with van der Waals surface area (Å²) >= 11 is 0. The Morgan fingerprint density at radius 2 is 1.94 bits per heavy atom. The summed E-state index contributed by atoms with van der Waals surface area (Å²) in [5.74, 6) is -1.91. The van der Waals surface area contributed by atoms with E-state index < -0.39 is 17.4 Å². The number of ether oxygens (including phenoxy) is 1. The zero-order valence-corrected chi connectivity index (χ0v) is 10.2. The number of phenols is 1. The van der Waals surface area contributed by atoms with Gasteiger partial charge in [-0.3, -0.25) is 4.90 Å². The van der Waals surface area contributed by atoms with Crippen LogP contribution in [0.3, 0.4) is 0 Å². The van der Waals surface area contributed by atoms with Gasteiger partial charge in [-0.15, -0.1) is 0 Å². The van der Waals surface area contributed by atoms with Gasteiger partial charge in [-0.05, 0) is 31.5 Å². The molecule has 0 amide bonds. The average Bonchev–Trinajstić information content (AvgIpc) is 2.39. The lowest BCUT2D eigenvalue weighted by atomic mass is 10.1. The largest absolute Gasteiger partial charge is 0.505 e. The van der Waals surface area contributed by atoms with Gasteiger partial charge in [-0.25, -0.2) is 8.78 Å². The molecule has 0 radical (unpaired) electrons. The first-order chi connectivity index (χ1) is 8.68. The molecule has 1 aromatic rings. The van der Waals surface area contributed by atoms with Crippen molar-refractivity contribution in [2.24, 2.45) is 0 Å². The fraction of sp³-hybridized carbons (Fsp3) is 0.538. The van der Waals surface area contributed by atoms with E-state index in [1.54, 1.807) is 0 Å². The van der Waals surface area contributed by atoms with Gasteiger partial charge in [0.1, 0.15) is 5.82 Å². The molecular formula is C13H17F2NO2. The summed E-state index contributed by atoms with van der Waals surface area (Å²) in [4.78, 5) is 2.21. The molecule has 0 aromatic heterocycles. The maximum Gasteiger partial charge on any atom is 0.170 e. The summed E-state index contributed by atoms with van der Waals surface area (Å²) in [6.45, 7) is 3.96.